The van der Waals surface area contributed by atoms with Crippen molar-refractivity contribution < 1.29 is 26.4 Å². The fourth-order valence-electron chi connectivity index (χ4n) is 2.15. The summed E-state index contributed by atoms with van der Waals surface area (Å²) >= 11 is 0.923. The van der Waals surface area contributed by atoms with Crippen LogP contribution in [0.15, 0.2) is 55.5 Å². The first kappa shape index (κ1) is 21.7. The number of nitrogens with zero attached hydrogens (tertiary/aromatic N) is 3. The topological polar surface area (TPSA) is 169 Å². The van der Waals surface area contributed by atoms with Crippen LogP contribution in [0.25, 0.3) is 10.4 Å². The second-order valence-electron chi connectivity index (χ2n) is 5.43. The van der Waals surface area contributed by atoms with Gasteiger partial charge in [0.25, 0.3) is 0 Å². The zero-order chi connectivity index (χ0) is 20.8. The third kappa shape index (κ3) is 5.45. The maximum atomic E-state index is 12.7. The maximum absolute atomic E-state index is 12.7. The highest BCUT2D eigenvalue weighted by atomic mass is 32.2. The van der Waals surface area contributed by atoms with Crippen molar-refractivity contribution in [2.45, 2.75) is 27.0 Å². The lowest BCUT2D eigenvalue weighted by molar-refractivity contribution is 0.151. The van der Waals surface area contributed by atoms with E-state index in [2.05, 4.69) is 14.8 Å². The number of hydrogen-bond acceptors (Lipinski definition) is 8. The van der Waals surface area contributed by atoms with Gasteiger partial charge in [0, 0.05) is 16.3 Å². The lowest BCUT2D eigenvalue weighted by Gasteiger charge is -2.06. The molecule has 0 aliphatic carbocycles. The lowest BCUT2D eigenvalue weighted by atomic mass is 10.4. The Bertz CT molecular complexity index is 1100. The maximum Gasteiger partial charge on any atom is 0.404 e. The van der Waals surface area contributed by atoms with Crippen LogP contribution >= 0.6 is 11.3 Å². The van der Waals surface area contributed by atoms with Crippen LogP contribution in [0, 0.1) is 0 Å². The summed E-state index contributed by atoms with van der Waals surface area (Å²) in [7, 11) is -7.46. The van der Waals surface area contributed by atoms with Crippen molar-refractivity contribution in [3.05, 3.63) is 51.7 Å². The van der Waals surface area contributed by atoms with Crippen molar-refractivity contribution >= 4 is 37.1 Å². The summed E-state index contributed by atoms with van der Waals surface area (Å²) in [6.45, 7) is -0.0785. The predicted molar refractivity (Wildman–Crippen MR) is 101 cm³/mol. The van der Waals surface area contributed by atoms with E-state index in [1.165, 1.54) is 36.4 Å². The van der Waals surface area contributed by atoms with Gasteiger partial charge in [-0.05, 0) is 48.4 Å². The lowest BCUT2D eigenvalue weighted by Crippen LogP contribution is -2.12. The molecule has 13 heteroatoms. The van der Waals surface area contributed by atoms with Crippen LogP contribution in [0.1, 0.15) is 11.3 Å². The molecule has 1 amide bonds. The van der Waals surface area contributed by atoms with Crippen molar-refractivity contribution in [3.63, 3.8) is 0 Å². The molecule has 0 saturated carbocycles. The van der Waals surface area contributed by atoms with Gasteiger partial charge in [-0.15, -0.1) is 11.3 Å². The van der Waals surface area contributed by atoms with Crippen molar-refractivity contribution in [2.75, 3.05) is 12.3 Å². The Morgan fingerprint density at radius 2 is 1.75 bits per heavy atom. The van der Waals surface area contributed by atoms with Crippen LogP contribution < -0.4 is 5.73 Å². The molecular formula is C15H16N4O6S3. The zero-order valence-electron chi connectivity index (χ0n) is 14.4. The number of sulfone groups is 2. The van der Waals surface area contributed by atoms with E-state index in [0.29, 0.717) is 4.88 Å². The quantitative estimate of drug-likeness (QED) is 0.270. The molecule has 1 aromatic heterocycles. The molecule has 1 heterocycles. The first-order chi connectivity index (χ1) is 13.2. The minimum Gasteiger partial charge on any atom is -0.444 e. The van der Waals surface area contributed by atoms with Gasteiger partial charge >= 0.3 is 6.09 Å². The molecule has 1 aromatic carbocycles. The van der Waals surface area contributed by atoms with Gasteiger partial charge in [-0.2, -0.15) is 0 Å². The number of ether oxygens (including phenoxy) is 1. The second kappa shape index (κ2) is 9.06. The van der Waals surface area contributed by atoms with Crippen LogP contribution in [-0.4, -0.2) is 35.2 Å². The highest BCUT2D eigenvalue weighted by molar-refractivity contribution is 7.93. The molecule has 10 nitrogen and oxygen atoms in total. The fourth-order valence-corrected chi connectivity index (χ4v) is 6.12. The Kier molecular flexibility index (Phi) is 7.02. The van der Waals surface area contributed by atoms with E-state index in [1.807, 2.05) is 0 Å². The average molecular weight is 445 g/mol. The van der Waals surface area contributed by atoms with Crippen LogP contribution in [0.3, 0.4) is 0 Å². The molecule has 2 rings (SSSR count). The van der Waals surface area contributed by atoms with Crippen molar-refractivity contribution in [1.82, 2.24) is 0 Å². The number of benzene rings is 1. The van der Waals surface area contributed by atoms with Gasteiger partial charge < -0.3 is 10.5 Å². The van der Waals surface area contributed by atoms with Crippen LogP contribution in [0.4, 0.5) is 4.79 Å². The van der Waals surface area contributed by atoms with E-state index in [4.69, 9.17) is 11.3 Å². The van der Waals surface area contributed by atoms with Gasteiger partial charge in [0.15, 0.2) is 9.84 Å². The van der Waals surface area contributed by atoms with E-state index in [9.17, 15) is 21.6 Å². The first-order valence-electron chi connectivity index (χ1n) is 7.76. The fraction of sp³-hybridized carbons (Fsp3) is 0.267. The number of rotatable bonds is 9. The summed E-state index contributed by atoms with van der Waals surface area (Å²) in [5.41, 5.74) is 13.1. The Morgan fingerprint density at radius 1 is 1.11 bits per heavy atom. The molecule has 28 heavy (non-hydrogen) atoms. The Balaban J connectivity index is 2.17. The molecular weight excluding hydrogens is 428 g/mol. The van der Waals surface area contributed by atoms with Gasteiger partial charge in [0.1, 0.15) is 10.8 Å². The van der Waals surface area contributed by atoms with E-state index in [-0.39, 0.29) is 39.3 Å². The van der Waals surface area contributed by atoms with Crippen molar-refractivity contribution in [1.29, 1.82) is 0 Å². The molecule has 0 atom stereocenters. The van der Waals surface area contributed by atoms with E-state index < -0.39 is 25.8 Å². The SMILES string of the molecule is [N-]=[N+]=NCCCS(=O)(=O)c1ccc(S(=O)(=O)c2ccc(COC(N)=O)s2)cc1. The molecule has 2 aromatic rings. The normalized spacial score (nSPS) is 11.6. The van der Waals surface area contributed by atoms with Gasteiger partial charge in [-0.25, -0.2) is 21.6 Å². The Hall–Kier alpha value is -2.60. The molecule has 150 valence electrons. The Labute approximate surface area is 165 Å². The molecule has 0 saturated heterocycles. The van der Waals surface area contributed by atoms with Gasteiger partial charge in [0.2, 0.25) is 9.84 Å². The van der Waals surface area contributed by atoms with E-state index in [1.54, 1.807) is 0 Å². The number of thiophene rings is 1. The monoisotopic (exact) mass is 444 g/mol. The molecule has 0 aliphatic rings. The minimum absolute atomic E-state index is 0.0193. The summed E-state index contributed by atoms with van der Waals surface area (Å²) in [6, 6.07) is 7.76. The standard InChI is InChI=1S/C15H16N4O6S3/c16-15(20)25-10-11-2-7-14(26-11)28(23,24)13-5-3-12(4-6-13)27(21,22)9-1-8-18-19-17/h2-7H,1,8-10H2,(H2,16,20). The highest BCUT2D eigenvalue weighted by Gasteiger charge is 2.22. The van der Waals surface area contributed by atoms with Crippen molar-refractivity contribution in [3.8, 4) is 0 Å². The number of azide groups is 1. The van der Waals surface area contributed by atoms with Gasteiger partial charge in [-0.3, -0.25) is 0 Å². The molecule has 0 bridgehead atoms. The molecule has 2 N–H and O–H groups in total. The number of primary amides is 1. The summed E-state index contributed by atoms with van der Waals surface area (Å²) in [5.74, 6) is -0.216. The summed E-state index contributed by atoms with van der Waals surface area (Å²) in [6.07, 6.45) is -0.799. The molecule has 0 unspecified atom stereocenters. The van der Waals surface area contributed by atoms with Crippen molar-refractivity contribution in [2.24, 2.45) is 10.8 Å². The average Bonchev–Trinajstić information content (AvgIpc) is 3.14. The summed E-state index contributed by atoms with van der Waals surface area (Å²) < 4.78 is 54.4. The first-order valence-corrected chi connectivity index (χ1v) is 11.7. The van der Waals surface area contributed by atoms with E-state index >= 15 is 0 Å². The largest absolute Gasteiger partial charge is 0.444 e. The number of carbonyl (C=O) groups is 1. The second-order valence-corrected chi connectivity index (χ2v) is 10.9. The number of amides is 1. The number of hydrogen-bond donors (Lipinski definition) is 1. The number of nitrogens with two attached hydrogens (primary N) is 1. The zero-order valence-corrected chi connectivity index (χ0v) is 16.8. The van der Waals surface area contributed by atoms with E-state index in [0.717, 1.165) is 11.3 Å². The summed E-state index contributed by atoms with van der Waals surface area (Å²) in [5, 5.41) is 3.28. The van der Waals surface area contributed by atoms with Gasteiger partial charge in [0.05, 0.1) is 15.5 Å². The number of carbonyl (C=O) groups excluding carboxylic acids is 1. The molecule has 0 fully saturated rings. The van der Waals surface area contributed by atoms with Crippen LogP contribution in [0.2, 0.25) is 0 Å². The minimum atomic E-state index is -3.85. The Morgan fingerprint density at radius 3 is 2.36 bits per heavy atom. The summed E-state index contributed by atoms with van der Waals surface area (Å²) in [4.78, 5) is 13.6. The smallest absolute Gasteiger partial charge is 0.404 e. The van der Waals surface area contributed by atoms with Crippen LogP contribution in [0.5, 0.6) is 0 Å². The van der Waals surface area contributed by atoms with Crippen LogP contribution in [-0.2, 0) is 31.0 Å². The highest BCUT2D eigenvalue weighted by Crippen LogP contribution is 2.29. The van der Waals surface area contributed by atoms with Gasteiger partial charge in [-0.1, -0.05) is 5.11 Å². The third-order valence-electron chi connectivity index (χ3n) is 3.49. The molecule has 0 spiro atoms. The predicted octanol–water partition coefficient (Wildman–Crippen LogP) is 2.65. The molecule has 0 aliphatic heterocycles. The third-order valence-corrected chi connectivity index (χ3v) is 8.62. The molecule has 0 radical (unpaired) electrons.